The van der Waals surface area contributed by atoms with Crippen molar-refractivity contribution in [3.8, 4) is 0 Å². The van der Waals surface area contributed by atoms with Gasteiger partial charge in [0.25, 0.3) is 0 Å². The Morgan fingerprint density at radius 1 is 1.16 bits per heavy atom. The van der Waals surface area contributed by atoms with Crippen LogP contribution in [0.1, 0.15) is 72.1 Å². The maximum atomic E-state index is 13.6. The largest absolute Gasteiger partial charge is 0.456 e. The highest BCUT2D eigenvalue weighted by Crippen LogP contribution is 2.71. The first-order chi connectivity index (χ1) is 20.1. The summed E-state index contributed by atoms with van der Waals surface area (Å²) >= 11 is 7.42. The number of alkyl halides is 1. The van der Waals surface area contributed by atoms with Gasteiger partial charge in [-0.1, -0.05) is 38.8 Å². The lowest BCUT2D eigenvalue weighted by Crippen LogP contribution is -2.69. The molecule has 8 atom stereocenters. The lowest BCUT2D eigenvalue weighted by molar-refractivity contribution is -0.492. The Morgan fingerprint density at radius 3 is 2.58 bits per heavy atom. The van der Waals surface area contributed by atoms with Gasteiger partial charge in [0, 0.05) is 17.3 Å². The quantitative estimate of drug-likeness (QED) is 0.0928. The molecule has 0 spiro atoms. The molecule has 3 saturated carbocycles. The van der Waals surface area contributed by atoms with Gasteiger partial charge in [0.05, 0.1) is 23.0 Å². The third-order valence-electron chi connectivity index (χ3n) is 10.7. The van der Waals surface area contributed by atoms with Crippen LogP contribution in [-0.2, 0) is 28.8 Å². The fourth-order valence-electron chi connectivity index (χ4n) is 8.42. The number of ether oxygens (including phenoxy) is 1. The van der Waals surface area contributed by atoms with E-state index < -0.39 is 58.2 Å². The lowest BCUT2D eigenvalue weighted by atomic mass is 9.45. The van der Waals surface area contributed by atoms with Gasteiger partial charge in [0.2, 0.25) is 11.7 Å². The van der Waals surface area contributed by atoms with E-state index in [1.807, 2.05) is 13.8 Å². The zero-order chi connectivity index (χ0) is 31.8. The molecule has 0 saturated heterocycles. The lowest BCUT2D eigenvalue weighted by Gasteiger charge is -2.63. The molecule has 0 heterocycles. The summed E-state index contributed by atoms with van der Waals surface area (Å²) in [5.41, 5.74) is -2.77. The van der Waals surface area contributed by atoms with Crippen molar-refractivity contribution < 1.29 is 49.4 Å². The molecule has 240 valence electrons. The molecule has 4 aliphatic carbocycles. The summed E-state index contributed by atoms with van der Waals surface area (Å²) in [6, 6.07) is 0. The van der Waals surface area contributed by atoms with Crippen LogP contribution >= 0.6 is 11.6 Å². The van der Waals surface area contributed by atoms with Crippen molar-refractivity contribution in [3.63, 3.8) is 0 Å². The number of Topliss-reactive ketones (excluding diaryl/α,β-unsaturated/α-hetero) is 1. The Kier molecular flexibility index (Phi) is 9.92. The zero-order valence-electron chi connectivity index (χ0n) is 24.9. The van der Waals surface area contributed by atoms with Crippen LogP contribution in [0, 0.1) is 28.6 Å². The summed E-state index contributed by atoms with van der Waals surface area (Å²) in [4.78, 5) is 53.4. The van der Waals surface area contributed by atoms with Crippen LogP contribution in [0.3, 0.4) is 0 Å². The van der Waals surface area contributed by atoms with Crippen LogP contribution in [-0.4, -0.2) is 85.8 Å². The van der Waals surface area contributed by atoms with E-state index >= 15 is 0 Å². The van der Waals surface area contributed by atoms with Gasteiger partial charge in [0.1, 0.15) is 12.1 Å². The summed E-state index contributed by atoms with van der Waals surface area (Å²) in [7, 11) is 0. The number of halogens is 1. The van der Waals surface area contributed by atoms with Gasteiger partial charge in [-0.15, -0.1) is 11.6 Å². The standard InChI is InChI=1S/C30H43ClN2O10/c1-18-13-22-21-9-8-19-14-20(34)10-11-27(19,2)29(21,31)23(35)15-28(22,3)30(18,39)24(36)17-42-26(38)16-32-25(37)7-5-4-6-12-43-33(40)41/h10-11,14,18,21-23,35,39-41H,4-9,12-13,15-17H2,1-3H3,(H,32,37)/t18-,21-,22?,23-,27-,28-,29?,30-/m0/s1. The molecule has 12 nitrogen and oxygen atoms in total. The van der Waals surface area contributed by atoms with Crippen LogP contribution in [0.2, 0.25) is 0 Å². The van der Waals surface area contributed by atoms with E-state index in [4.69, 9.17) is 26.8 Å². The molecule has 4 rings (SSSR count). The summed E-state index contributed by atoms with van der Waals surface area (Å²) < 4.78 is 5.17. The highest BCUT2D eigenvalue weighted by molar-refractivity contribution is 6.26. The number of unbranched alkanes of at least 4 members (excludes halogenated alkanes) is 2. The average Bonchev–Trinajstić information content (AvgIpc) is 3.14. The first kappa shape index (κ1) is 33.7. The van der Waals surface area contributed by atoms with Gasteiger partial charge < -0.3 is 20.3 Å². The molecule has 0 aliphatic heterocycles. The number of ketones is 2. The van der Waals surface area contributed by atoms with Gasteiger partial charge in [-0.2, -0.15) is 0 Å². The molecule has 0 aromatic heterocycles. The predicted molar refractivity (Wildman–Crippen MR) is 151 cm³/mol. The summed E-state index contributed by atoms with van der Waals surface area (Å²) in [5.74, 6) is -2.89. The Morgan fingerprint density at radius 2 is 1.88 bits per heavy atom. The summed E-state index contributed by atoms with van der Waals surface area (Å²) in [5, 5.41) is 42.7. The number of esters is 1. The smallest absolute Gasteiger partial charge is 0.325 e. The fraction of sp³-hybridized carbons (Fsp3) is 0.733. The first-order valence-corrected chi connectivity index (χ1v) is 15.3. The van der Waals surface area contributed by atoms with Gasteiger partial charge >= 0.3 is 5.97 Å². The predicted octanol–water partition coefficient (Wildman–Crippen LogP) is 2.40. The number of carbonyl (C=O) groups is 4. The molecule has 0 radical (unpaired) electrons. The van der Waals surface area contributed by atoms with Gasteiger partial charge in [-0.3, -0.25) is 34.4 Å². The second-order valence-corrected chi connectivity index (χ2v) is 13.6. The highest BCUT2D eigenvalue weighted by atomic mass is 35.5. The highest BCUT2D eigenvalue weighted by Gasteiger charge is 2.74. The van der Waals surface area contributed by atoms with E-state index in [1.54, 1.807) is 19.1 Å². The van der Waals surface area contributed by atoms with Gasteiger partial charge in [-0.25, -0.2) is 0 Å². The molecule has 5 N–H and O–H groups in total. The number of fused-ring (bicyclic) bond motifs is 5. The number of hydrogen-bond donors (Lipinski definition) is 5. The van der Waals surface area contributed by atoms with E-state index in [2.05, 4.69) is 10.2 Å². The van der Waals surface area contributed by atoms with Crippen LogP contribution in [0.15, 0.2) is 23.8 Å². The number of carbonyl (C=O) groups excluding carboxylic acids is 4. The topological polar surface area (TPSA) is 183 Å². The molecule has 0 aromatic carbocycles. The summed E-state index contributed by atoms with van der Waals surface area (Å²) in [6.07, 6.45) is 7.31. The number of rotatable bonds is 12. The van der Waals surface area contributed by atoms with Crippen molar-refractivity contribution in [2.24, 2.45) is 28.6 Å². The van der Waals surface area contributed by atoms with Crippen LogP contribution in [0.25, 0.3) is 0 Å². The van der Waals surface area contributed by atoms with Crippen LogP contribution in [0.5, 0.6) is 0 Å². The summed E-state index contributed by atoms with van der Waals surface area (Å²) in [6.45, 7) is 4.50. The van der Waals surface area contributed by atoms with Crippen LogP contribution < -0.4 is 5.32 Å². The minimum absolute atomic E-state index is 0.0588. The van der Waals surface area contributed by atoms with Crippen LogP contribution in [0.4, 0.5) is 0 Å². The van der Waals surface area contributed by atoms with Gasteiger partial charge in [-0.05, 0) is 68.4 Å². The molecule has 13 heteroatoms. The van der Waals surface area contributed by atoms with E-state index in [1.165, 1.54) is 6.08 Å². The molecule has 43 heavy (non-hydrogen) atoms. The van der Waals surface area contributed by atoms with Crippen molar-refractivity contribution in [3.05, 3.63) is 23.8 Å². The Hall–Kier alpha value is -2.19. The maximum absolute atomic E-state index is 13.6. The Balaban J connectivity index is 1.35. The molecule has 4 aliphatic rings. The van der Waals surface area contributed by atoms with Crippen molar-refractivity contribution in [1.29, 1.82) is 0 Å². The second-order valence-electron chi connectivity index (χ2n) is 12.9. The van der Waals surface area contributed by atoms with E-state index in [9.17, 15) is 29.4 Å². The Labute approximate surface area is 255 Å². The first-order valence-electron chi connectivity index (χ1n) is 14.9. The van der Waals surface area contributed by atoms with E-state index in [0.29, 0.717) is 38.5 Å². The van der Waals surface area contributed by atoms with E-state index in [0.717, 1.165) is 5.57 Å². The number of allylic oxidation sites excluding steroid dienone is 4. The number of nitrogens with one attached hydrogen (secondary N) is 1. The average molecular weight is 627 g/mol. The third kappa shape index (κ3) is 5.83. The minimum atomic E-state index is -1.87. The molecule has 3 fully saturated rings. The SMILES string of the molecule is C[C@H]1CC2[C@@H]3CCC4=CC(=O)C=C[C@]4(C)C3(Cl)[C@@H](O)C[C@]2(C)[C@@]1(O)C(=O)COC(=O)CNC(=O)CCCCCON(O)O. The normalized spacial score (nSPS) is 38.2. The van der Waals surface area contributed by atoms with Crippen molar-refractivity contribution >= 4 is 35.0 Å². The van der Waals surface area contributed by atoms with Crippen molar-refractivity contribution in [2.45, 2.75) is 88.7 Å². The number of aliphatic hydroxyl groups excluding tert-OH is 1. The number of aliphatic hydroxyl groups is 2. The maximum Gasteiger partial charge on any atom is 0.325 e. The molecular formula is C30H43ClN2O10. The van der Waals surface area contributed by atoms with E-state index in [-0.39, 0.29) is 48.4 Å². The van der Waals surface area contributed by atoms with Gasteiger partial charge in [0.15, 0.2) is 12.4 Å². The van der Waals surface area contributed by atoms with Crippen molar-refractivity contribution in [2.75, 3.05) is 19.8 Å². The zero-order valence-corrected chi connectivity index (χ0v) is 25.6. The third-order valence-corrected chi connectivity index (χ3v) is 11.6. The number of hydrogen-bond acceptors (Lipinski definition) is 11. The number of amides is 1. The Bertz CT molecular complexity index is 1190. The monoisotopic (exact) mass is 626 g/mol. The molecule has 2 unspecified atom stereocenters. The number of nitrogens with zero attached hydrogens (tertiary/aromatic N) is 1. The molecule has 0 aromatic rings. The fourth-order valence-corrected chi connectivity index (χ4v) is 8.94. The molecule has 1 amide bonds. The molecule has 0 bridgehead atoms. The second kappa shape index (κ2) is 12.7. The van der Waals surface area contributed by atoms with Crippen molar-refractivity contribution in [1.82, 2.24) is 10.7 Å². The molecular weight excluding hydrogens is 584 g/mol. The minimum Gasteiger partial charge on any atom is -0.456 e.